The highest BCUT2D eigenvalue weighted by Crippen LogP contribution is 2.24. The third-order valence-corrected chi connectivity index (χ3v) is 2.41. The molecule has 5 nitrogen and oxygen atoms in total. The zero-order valence-corrected chi connectivity index (χ0v) is 9.91. The van der Waals surface area contributed by atoms with Crippen LogP contribution in [0.4, 0.5) is 0 Å². The van der Waals surface area contributed by atoms with Gasteiger partial charge in [-0.2, -0.15) is 9.97 Å². The summed E-state index contributed by atoms with van der Waals surface area (Å²) >= 11 is 0. The van der Waals surface area contributed by atoms with Crippen LogP contribution in [0, 0.1) is 0 Å². The van der Waals surface area contributed by atoms with Gasteiger partial charge < -0.3 is 14.8 Å². The molecular weight excluding hydrogens is 206 g/mol. The molecule has 0 radical (unpaired) electrons. The van der Waals surface area contributed by atoms with Crippen LogP contribution in [-0.2, 0) is 13.0 Å². The van der Waals surface area contributed by atoms with Crippen molar-refractivity contribution in [1.82, 2.24) is 15.3 Å². The molecule has 2 rings (SSSR count). The molecule has 1 aliphatic rings. The predicted molar refractivity (Wildman–Crippen MR) is 59.8 cm³/mol. The fourth-order valence-corrected chi connectivity index (χ4v) is 1.74. The van der Waals surface area contributed by atoms with E-state index in [4.69, 9.17) is 9.47 Å². The molecule has 1 aromatic heterocycles. The van der Waals surface area contributed by atoms with Crippen molar-refractivity contribution in [2.45, 2.75) is 32.9 Å². The second-order valence-electron chi connectivity index (χ2n) is 4.03. The monoisotopic (exact) mass is 223 g/mol. The highest BCUT2D eigenvalue weighted by atomic mass is 16.5. The van der Waals surface area contributed by atoms with E-state index < -0.39 is 0 Å². The molecule has 16 heavy (non-hydrogen) atoms. The van der Waals surface area contributed by atoms with Crippen LogP contribution >= 0.6 is 0 Å². The Morgan fingerprint density at radius 2 is 2.12 bits per heavy atom. The summed E-state index contributed by atoms with van der Waals surface area (Å²) in [7, 11) is 1.63. The number of hydrogen-bond donors (Lipinski definition) is 1. The van der Waals surface area contributed by atoms with Crippen LogP contribution in [0.25, 0.3) is 0 Å². The molecule has 0 spiro atoms. The highest BCUT2D eigenvalue weighted by Gasteiger charge is 2.18. The van der Waals surface area contributed by atoms with Gasteiger partial charge in [0.05, 0.1) is 18.9 Å². The van der Waals surface area contributed by atoms with Gasteiger partial charge in [-0.3, -0.25) is 0 Å². The molecule has 5 heteroatoms. The lowest BCUT2D eigenvalue weighted by Crippen LogP contribution is -2.26. The quantitative estimate of drug-likeness (QED) is 0.825. The molecule has 0 aromatic carbocycles. The lowest BCUT2D eigenvalue weighted by Gasteiger charge is -2.19. The average molecular weight is 223 g/mol. The molecule has 0 bridgehead atoms. The normalized spacial score (nSPS) is 14.8. The van der Waals surface area contributed by atoms with E-state index in [0.717, 1.165) is 30.8 Å². The molecule has 2 heterocycles. The maximum Gasteiger partial charge on any atom is 0.320 e. The molecule has 1 aliphatic heterocycles. The zero-order chi connectivity index (χ0) is 11.5. The maximum absolute atomic E-state index is 5.49. The van der Waals surface area contributed by atoms with Crippen molar-refractivity contribution in [3.63, 3.8) is 0 Å². The van der Waals surface area contributed by atoms with Crippen molar-refractivity contribution >= 4 is 0 Å². The van der Waals surface area contributed by atoms with Gasteiger partial charge in [-0.15, -0.1) is 0 Å². The number of nitrogens with zero attached hydrogens (tertiary/aromatic N) is 2. The number of ether oxygens (including phenoxy) is 2. The van der Waals surface area contributed by atoms with E-state index in [9.17, 15) is 0 Å². The summed E-state index contributed by atoms with van der Waals surface area (Å²) < 4.78 is 10.8. The van der Waals surface area contributed by atoms with Crippen molar-refractivity contribution in [2.75, 3.05) is 13.7 Å². The van der Waals surface area contributed by atoms with E-state index in [1.165, 1.54) is 0 Å². The number of rotatable bonds is 3. The second kappa shape index (κ2) is 4.65. The fraction of sp³-hybridized carbons (Fsp3) is 0.636. The summed E-state index contributed by atoms with van der Waals surface area (Å²) in [5.41, 5.74) is 2.08. The molecule has 0 fully saturated rings. The van der Waals surface area contributed by atoms with Crippen LogP contribution in [-0.4, -0.2) is 29.7 Å². The summed E-state index contributed by atoms with van der Waals surface area (Å²) in [5, 5.41) is 3.27. The molecule has 1 aromatic rings. The van der Waals surface area contributed by atoms with Gasteiger partial charge in [-0.05, 0) is 26.8 Å². The predicted octanol–water partition coefficient (Wildman–Crippen LogP) is 0.918. The molecular formula is C11H17N3O2. The number of fused-ring (bicyclic) bond motifs is 1. The van der Waals surface area contributed by atoms with Gasteiger partial charge in [0, 0.05) is 12.1 Å². The topological polar surface area (TPSA) is 56.3 Å². The molecule has 0 aliphatic carbocycles. The van der Waals surface area contributed by atoms with Crippen molar-refractivity contribution in [3.8, 4) is 11.9 Å². The first-order chi connectivity index (χ1) is 7.70. The van der Waals surface area contributed by atoms with Crippen LogP contribution < -0.4 is 14.8 Å². The minimum atomic E-state index is 0.0688. The van der Waals surface area contributed by atoms with Gasteiger partial charge in [-0.1, -0.05) is 0 Å². The number of aromatic nitrogens is 2. The first kappa shape index (κ1) is 11.1. The summed E-state index contributed by atoms with van der Waals surface area (Å²) in [6, 6.07) is 0.397. The van der Waals surface area contributed by atoms with Gasteiger partial charge in [0.1, 0.15) is 0 Å². The van der Waals surface area contributed by atoms with E-state index >= 15 is 0 Å². The van der Waals surface area contributed by atoms with E-state index in [-0.39, 0.29) is 6.10 Å². The van der Waals surface area contributed by atoms with Crippen molar-refractivity contribution in [3.05, 3.63) is 11.3 Å². The summed E-state index contributed by atoms with van der Waals surface area (Å²) in [5.74, 6) is 0.641. The Kier molecular flexibility index (Phi) is 3.24. The Bertz CT molecular complexity index is 362. The van der Waals surface area contributed by atoms with E-state index in [1.807, 2.05) is 13.8 Å². The first-order valence-electron chi connectivity index (χ1n) is 5.52. The Balaban J connectivity index is 2.35. The van der Waals surface area contributed by atoms with Crippen molar-refractivity contribution in [1.29, 1.82) is 0 Å². The van der Waals surface area contributed by atoms with E-state index in [2.05, 4.69) is 15.3 Å². The lowest BCUT2D eigenvalue weighted by atomic mass is 10.1. The molecule has 0 saturated heterocycles. The summed E-state index contributed by atoms with van der Waals surface area (Å²) in [6.07, 6.45) is 0.972. The highest BCUT2D eigenvalue weighted by molar-refractivity contribution is 5.34. The molecule has 88 valence electrons. The fourth-order valence-electron chi connectivity index (χ4n) is 1.74. The SMILES string of the molecule is COc1nc(OC(C)C)nc2c1CCNC2. The van der Waals surface area contributed by atoms with Gasteiger partial charge in [0.2, 0.25) is 5.88 Å². The first-order valence-corrected chi connectivity index (χ1v) is 5.52. The summed E-state index contributed by atoms with van der Waals surface area (Å²) in [4.78, 5) is 8.65. The molecule has 0 atom stereocenters. The van der Waals surface area contributed by atoms with Crippen molar-refractivity contribution < 1.29 is 9.47 Å². The number of hydrogen-bond acceptors (Lipinski definition) is 5. The number of nitrogens with one attached hydrogen (secondary N) is 1. The lowest BCUT2D eigenvalue weighted by molar-refractivity contribution is 0.216. The van der Waals surface area contributed by atoms with Crippen LogP contribution in [0.3, 0.4) is 0 Å². The van der Waals surface area contributed by atoms with E-state index in [0.29, 0.717) is 11.9 Å². The van der Waals surface area contributed by atoms with Crippen molar-refractivity contribution in [2.24, 2.45) is 0 Å². The average Bonchev–Trinajstić information content (AvgIpc) is 2.27. The molecule has 0 unspecified atom stereocenters. The van der Waals surface area contributed by atoms with Crippen LogP contribution in [0.5, 0.6) is 11.9 Å². The molecule has 1 N–H and O–H groups in total. The standard InChI is InChI=1S/C11H17N3O2/c1-7(2)16-11-13-9-6-12-5-4-8(9)10(14-11)15-3/h7,12H,4-6H2,1-3H3. The maximum atomic E-state index is 5.49. The van der Waals surface area contributed by atoms with Gasteiger partial charge in [-0.25, -0.2) is 0 Å². The third-order valence-electron chi connectivity index (χ3n) is 2.41. The van der Waals surface area contributed by atoms with Crippen LogP contribution in [0.1, 0.15) is 25.1 Å². The number of methoxy groups -OCH3 is 1. The largest absolute Gasteiger partial charge is 0.481 e. The Morgan fingerprint density at radius 3 is 2.81 bits per heavy atom. The Labute approximate surface area is 95.2 Å². The minimum absolute atomic E-state index is 0.0688. The second-order valence-corrected chi connectivity index (χ2v) is 4.03. The van der Waals surface area contributed by atoms with E-state index in [1.54, 1.807) is 7.11 Å². The Morgan fingerprint density at radius 1 is 1.31 bits per heavy atom. The van der Waals surface area contributed by atoms with Gasteiger partial charge >= 0.3 is 6.01 Å². The smallest absolute Gasteiger partial charge is 0.320 e. The van der Waals surface area contributed by atoms with Gasteiger partial charge in [0.25, 0.3) is 0 Å². The van der Waals surface area contributed by atoms with Crippen LogP contribution in [0.15, 0.2) is 0 Å². The molecule has 0 saturated carbocycles. The molecule has 0 amide bonds. The van der Waals surface area contributed by atoms with Crippen LogP contribution in [0.2, 0.25) is 0 Å². The zero-order valence-electron chi connectivity index (χ0n) is 9.91. The third kappa shape index (κ3) is 2.24. The Hall–Kier alpha value is -1.36. The van der Waals surface area contributed by atoms with Gasteiger partial charge in [0.15, 0.2) is 0 Å². The minimum Gasteiger partial charge on any atom is -0.481 e. The summed E-state index contributed by atoms with van der Waals surface area (Å²) in [6.45, 7) is 5.60.